The summed E-state index contributed by atoms with van der Waals surface area (Å²) in [5.74, 6) is 0. The minimum absolute atomic E-state index is 0.399. The first kappa shape index (κ1) is 10.2. The van der Waals surface area contributed by atoms with Gasteiger partial charge in [0.1, 0.15) is 0 Å². The molecule has 1 aromatic rings. The Morgan fingerprint density at radius 3 is 2.69 bits per heavy atom. The fraction of sp³-hybridized carbons (Fsp3) is 0.571. The van der Waals surface area contributed by atoms with E-state index < -0.39 is 0 Å². The first-order valence-corrected chi connectivity index (χ1v) is 6.29. The van der Waals surface area contributed by atoms with Gasteiger partial charge in [0.05, 0.1) is 0 Å². The first-order valence-electron chi connectivity index (χ1n) is 6.29. The number of rotatable bonds is 0. The average molecular weight is 216 g/mol. The van der Waals surface area contributed by atoms with Crippen molar-refractivity contribution in [3.63, 3.8) is 0 Å². The molecule has 1 atom stereocenters. The average Bonchev–Trinajstić information content (AvgIpc) is 2.55. The van der Waals surface area contributed by atoms with Gasteiger partial charge in [0, 0.05) is 24.2 Å². The molecule has 86 valence electrons. The van der Waals surface area contributed by atoms with Crippen LogP contribution in [0.15, 0.2) is 24.3 Å². The van der Waals surface area contributed by atoms with Crippen LogP contribution in [-0.4, -0.2) is 26.2 Å². The molecule has 0 radical (unpaired) electrons. The van der Waals surface area contributed by atoms with Crippen molar-refractivity contribution >= 4 is 5.69 Å². The molecule has 1 unspecified atom stereocenters. The number of hydrogen-bond acceptors (Lipinski definition) is 2. The second-order valence-corrected chi connectivity index (χ2v) is 5.21. The van der Waals surface area contributed by atoms with E-state index in [4.69, 9.17) is 0 Å². The normalized spacial score (nSPS) is 27.1. The molecular formula is C14H20N2. The van der Waals surface area contributed by atoms with Crippen molar-refractivity contribution in [1.82, 2.24) is 5.32 Å². The number of hydrogen-bond donors (Lipinski definition) is 1. The maximum atomic E-state index is 3.48. The van der Waals surface area contributed by atoms with Gasteiger partial charge in [0.25, 0.3) is 0 Å². The molecule has 2 heterocycles. The zero-order valence-electron chi connectivity index (χ0n) is 10.2. The number of nitrogens with zero attached hydrogens (tertiary/aromatic N) is 1. The molecule has 0 saturated carbocycles. The van der Waals surface area contributed by atoms with Gasteiger partial charge in [-0.05, 0) is 44.5 Å². The van der Waals surface area contributed by atoms with E-state index in [0.29, 0.717) is 11.5 Å². The van der Waals surface area contributed by atoms with Crippen molar-refractivity contribution in [3.8, 4) is 0 Å². The minimum atomic E-state index is 0.399. The van der Waals surface area contributed by atoms with Gasteiger partial charge in [-0.3, -0.25) is 0 Å². The lowest BCUT2D eigenvalue weighted by Gasteiger charge is -2.39. The summed E-state index contributed by atoms with van der Waals surface area (Å²) in [6.07, 6.45) is 2.55. The van der Waals surface area contributed by atoms with Gasteiger partial charge in [0.15, 0.2) is 0 Å². The number of nitrogens with one attached hydrogen (secondary N) is 1. The summed E-state index contributed by atoms with van der Waals surface area (Å²) in [7, 11) is 2.24. The Balaban J connectivity index is 2.12. The summed E-state index contributed by atoms with van der Waals surface area (Å²) in [5, 5.41) is 3.48. The molecule has 16 heavy (non-hydrogen) atoms. The molecule has 1 spiro atoms. The predicted octanol–water partition coefficient (Wildman–Crippen LogP) is 2.15. The molecule has 1 saturated heterocycles. The number of likely N-dealkylation sites (N-methyl/N-ethyl adjacent to an activating group) is 1. The van der Waals surface area contributed by atoms with Crippen LogP contribution in [0, 0.1) is 0 Å². The second kappa shape index (κ2) is 3.49. The fourth-order valence-corrected chi connectivity index (χ4v) is 3.57. The molecule has 0 bridgehead atoms. The summed E-state index contributed by atoms with van der Waals surface area (Å²) in [6, 6.07) is 9.58. The van der Waals surface area contributed by atoms with Crippen LogP contribution in [0.25, 0.3) is 0 Å². The smallest absolute Gasteiger partial charge is 0.0405 e. The monoisotopic (exact) mass is 216 g/mol. The standard InChI is InChI=1S/C14H20N2/c1-11-14(7-9-15-10-8-14)12-5-3-4-6-13(12)16(11)2/h3-6,11,15H,7-10H2,1-2H3. The van der Waals surface area contributed by atoms with E-state index in [1.807, 2.05) is 0 Å². The van der Waals surface area contributed by atoms with Crippen LogP contribution in [0.4, 0.5) is 5.69 Å². The quantitative estimate of drug-likeness (QED) is 0.715. The van der Waals surface area contributed by atoms with Gasteiger partial charge in [-0.25, -0.2) is 0 Å². The van der Waals surface area contributed by atoms with Crippen LogP contribution in [0.2, 0.25) is 0 Å². The van der Waals surface area contributed by atoms with Gasteiger partial charge in [0.2, 0.25) is 0 Å². The van der Waals surface area contributed by atoms with Crippen LogP contribution in [-0.2, 0) is 5.41 Å². The summed E-state index contributed by atoms with van der Waals surface area (Å²) in [4.78, 5) is 2.46. The van der Waals surface area contributed by atoms with E-state index in [1.54, 1.807) is 5.56 Å². The molecule has 1 N–H and O–H groups in total. The SMILES string of the molecule is CC1N(C)c2ccccc2C12CCNCC2. The maximum Gasteiger partial charge on any atom is 0.0405 e. The Labute approximate surface area is 97.6 Å². The molecule has 0 aromatic heterocycles. The highest BCUT2D eigenvalue weighted by Crippen LogP contribution is 2.49. The lowest BCUT2D eigenvalue weighted by molar-refractivity contribution is 0.279. The topological polar surface area (TPSA) is 15.3 Å². The Kier molecular flexibility index (Phi) is 2.21. The van der Waals surface area contributed by atoms with Crippen LogP contribution in [0.1, 0.15) is 25.3 Å². The molecule has 3 rings (SSSR count). The molecule has 2 aliphatic rings. The van der Waals surface area contributed by atoms with E-state index in [1.165, 1.54) is 18.5 Å². The third kappa shape index (κ3) is 1.17. The second-order valence-electron chi connectivity index (χ2n) is 5.21. The third-order valence-electron chi connectivity index (χ3n) is 4.70. The van der Waals surface area contributed by atoms with Gasteiger partial charge in [-0.2, -0.15) is 0 Å². The molecule has 2 aliphatic heterocycles. The van der Waals surface area contributed by atoms with Crippen molar-refractivity contribution in [3.05, 3.63) is 29.8 Å². The van der Waals surface area contributed by atoms with Gasteiger partial charge in [-0.15, -0.1) is 0 Å². The van der Waals surface area contributed by atoms with E-state index in [-0.39, 0.29) is 0 Å². The highest BCUT2D eigenvalue weighted by molar-refractivity contribution is 5.63. The summed E-state index contributed by atoms with van der Waals surface area (Å²) in [6.45, 7) is 4.70. The molecule has 0 amide bonds. The number of fused-ring (bicyclic) bond motifs is 2. The van der Waals surface area contributed by atoms with Crippen molar-refractivity contribution in [2.45, 2.75) is 31.2 Å². The third-order valence-corrected chi connectivity index (χ3v) is 4.70. The zero-order chi connectivity index (χ0) is 11.2. The number of anilines is 1. The maximum absolute atomic E-state index is 3.48. The van der Waals surface area contributed by atoms with Crippen molar-refractivity contribution in [1.29, 1.82) is 0 Å². The summed E-state index contributed by atoms with van der Waals surface area (Å²) < 4.78 is 0. The van der Waals surface area contributed by atoms with Crippen LogP contribution in [0.5, 0.6) is 0 Å². The largest absolute Gasteiger partial charge is 0.371 e. The van der Waals surface area contributed by atoms with Crippen molar-refractivity contribution < 1.29 is 0 Å². The summed E-state index contributed by atoms with van der Waals surface area (Å²) in [5.41, 5.74) is 3.42. The van der Waals surface area contributed by atoms with Gasteiger partial charge >= 0.3 is 0 Å². The highest BCUT2D eigenvalue weighted by atomic mass is 15.2. The first-order chi connectivity index (χ1) is 7.76. The molecule has 2 heteroatoms. The summed E-state index contributed by atoms with van der Waals surface area (Å²) >= 11 is 0. The zero-order valence-corrected chi connectivity index (χ0v) is 10.2. The van der Waals surface area contributed by atoms with E-state index in [9.17, 15) is 0 Å². The van der Waals surface area contributed by atoms with Crippen LogP contribution < -0.4 is 10.2 Å². The highest BCUT2D eigenvalue weighted by Gasteiger charge is 2.47. The fourth-order valence-electron chi connectivity index (χ4n) is 3.57. The Hall–Kier alpha value is -1.02. The molecule has 1 fully saturated rings. The lowest BCUT2D eigenvalue weighted by Crippen LogP contribution is -2.48. The predicted molar refractivity (Wildman–Crippen MR) is 68.1 cm³/mol. The van der Waals surface area contributed by atoms with Gasteiger partial charge in [-0.1, -0.05) is 18.2 Å². The van der Waals surface area contributed by atoms with E-state index in [0.717, 1.165) is 13.1 Å². The Bertz CT molecular complexity index is 393. The Morgan fingerprint density at radius 2 is 1.94 bits per heavy atom. The van der Waals surface area contributed by atoms with Crippen molar-refractivity contribution in [2.24, 2.45) is 0 Å². The number of piperidine rings is 1. The molecule has 1 aromatic carbocycles. The van der Waals surface area contributed by atoms with Gasteiger partial charge < -0.3 is 10.2 Å². The molecule has 2 nitrogen and oxygen atoms in total. The molecule has 0 aliphatic carbocycles. The van der Waals surface area contributed by atoms with Crippen molar-refractivity contribution in [2.75, 3.05) is 25.0 Å². The van der Waals surface area contributed by atoms with E-state index in [2.05, 4.69) is 48.5 Å². The molecular weight excluding hydrogens is 196 g/mol. The number of para-hydroxylation sites is 1. The lowest BCUT2D eigenvalue weighted by atomic mass is 9.70. The minimum Gasteiger partial charge on any atom is -0.371 e. The Morgan fingerprint density at radius 1 is 1.25 bits per heavy atom. The number of benzene rings is 1. The van der Waals surface area contributed by atoms with E-state index >= 15 is 0 Å². The van der Waals surface area contributed by atoms with Crippen LogP contribution >= 0.6 is 0 Å². The van der Waals surface area contributed by atoms with Crippen LogP contribution in [0.3, 0.4) is 0 Å².